The second kappa shape index (κ2) is 4.95. The maximum absolute atomic E-state index is 11.9. The molecule has 6 heteroatoms. The predicted octanol–water partition coefficient (Wildman–Crippen LogP) is 0.205. The molecule has 0 aromatic carbocycles. The van der Waals surface area contributed by atoms with Gasteiger partial charge in [0.1, 0.15) is 0 Å². The van der Waals surface area contributed by atoms with Crippen molar-refractivity contribution in [1.29, 1.82) is 0 Å². The highest BCUT2D eigenvalue weighted by Gasteiger charge is 2.28. The van der Waals surface area contributed by atoms with E-state index in [1.54, 1.807) is 4.90 Å². The Labute approximate surface area is 80.9 Å². The van der Waals surface area contributed by atoms with Crippen LogP contribution in [0.4, 0.5) is 13.2 Å². The molecule has 2 N–H and O–H groups in total. The smallest absolute Gasteiger partial charge is 0.390 e. The molecule has 3 nitrogen and oxygen atoms in total. The van der Waals surface area contributed by atoms with Crippen molar-refractivity contribution in [2.75, 3.05) is 32.7 Å². The van der Waals surface area contributed by atoms with Gasteiger partial charge in [0.2, 0.25) is 0 Å². The van der Waals surface area contributed by atoms with Gasteiger partial charge in [-0.15, -0.1) is 0 Å². The number of halogens is 3. The molecule has 0 amide bonds. The molecular weight excluding hydrogens is 197 g/mol. The molecule has 0 aromatic rings. The minimum Gasteiger partial charge on any atom is -0.390 e. The molecule has 0 aromatic heterocycles. The lowest BCUT2D eigenvalue weighted by Crippen LogP contribution is -2.35. The van der Waals surface area contributed by atoms with Crippen molar-refractivity contribution in [2.45, 2.75) is 18.7 Å². The van der Waals surface area contributed by atoms with Crippen molar-refractivity contribution < 1.29 is 18.3 Å². The molecule has 14 heavy (non-hydrogen) atoms. The first kappa shape index (κ1) is 11.7. The van der Waals surface area contributed by atoms with Crippen LogP contribution in [-0.2, 0) is 0 Å². The van der Waals surface area contributed by atoms with Gasteiger partial charge in [-0.25, -0.2) is 0 Å². The molecule has 0 spiro atoms. The summed E-state index contributed by atoms with van der Waals surface area (Å²) in [5, 5.41) is 12.3. The van der Waals surface area contributed by atoms with Crippen molar-refractivity contribution in [3.05, 3.63) is 0 Å². The second-order valence-electron chi connectivity index (χ2n) is 3.52. The number of aliphatic hydroxyl groups is 1. The van der Waals surface area contributed by atoms with Crippen molar-refractivity contribution in [2.24, 2.45) is 0 Å². The van der Waals surface area contributed by atoms with E-state index in [0.29, 0.717) is 26.2 Å². The van der Waals surface area contributed by atoms with Gasteiger partial charge in [-0.3, -0.25) is 4.90 Å². The Kier molecular flexibility index (Phi) is 4.15. The summed E-state index contributed by atoms with van der Waals surface area (Å²) in [5.41, 5.74) is 0. The first-order valence-electron chi connectivity index (χ1n) is 4.65. The molecule has 1 unspecified atom stereocenters. The zero-order valence-electron chi connectivity index (χ0n) is 7.85. The third-order valence-corrected chi connectivity index (χ3v) is 2.17. The number of hydrogen-bond donors (Lipinski definition) is 2. The van der Waals surface area contributed by atoms with E-state index in [0.717, 1.165) is 0 Å². The van der Waals surface area contributed by atoms with Crippen LogP contribution in [0.1, 0.15) is 6.42 Å². The van der Waals surface area contributed by atoms with Crippen LogP contribution in [0.3, 0.4) is 0 Å². The third-order valence-electron chi connectivity index (χ3n) is 2.17. The lowest BCUT2D eigenvalue weighted by atomic mass is 10.3. The average molecular weight is 212 g/mol. The summed E-state index contributed by atoms with van der Waals surface area (Å²) in [7, 11) is 0. The topological polar surface area (TPSA) is 35.5 Å². The fourth-order valence-electron chi connectivity index (χ4n) is 1.45. The fourth-order valence-corrected chi connectivity index (χ4v) is 1.45. The molecular formula is C8H15F3N2O. The van der Waals surface area contributed by atoms with Crippen LogP contribution in [0.2, 0.25) is 0 Å². The van der Waals surface area contributed by atoms with E-state index in [4.69, 9.17) is 0 Å². The van der Waals surface area contributed by atoms with E-state index in [1.807, 2.05) is 0 Å². The molecule has 1 aliphatic heterocycles. The van der Waals surface area contributed by atoms with Gasteiger partial charge < -0.3 is 10.4 Å². The number of rotatable bonds is 2. The van der Waals surface area contributed by atoms with Gasteiger partial charge >= 0.3 is 6.18 Å². The van der Waals surface area contributed by atoms with Crippen LogP contribution in [0.15, 0.2) is 0 Å². The van der Waals surface area contributed by atoms with E-state index >= 15 is 0 Å². The number of β-amino-alcohol motifs (C(OH)–C–C–N with tert-alkyl or cyclic N) is 1. The number of nitrogens with zero attached hydrogens (tertiary/aromatic N) is 1. The van der Waals surface area contributed by atoms with E-state index in [2.05, 4.69) is 5.32 Å². The van der Waals surface area contributed by atoms with Crippen molar-refractivity contribution in [3.8, 4) is 0 Å². The molecule has 0 bridgehead atoms. The Morgan fingerprint density at radius 3 is 2.79 bits per heavy atom. The normalized spacial score (nSPS) is 26.1. The first-order valence-corrected chi connectivity index (χ1v) is 4.65. The lowest BCUT2D eigenvalue weighted by Gasteiger charge is -2.21. The van der Waals surface area contributed by atoms with Gasteiger partial charge in [0.05, 0.1) is 12.5 Å². The second-order valence-corrected chi connectivity index (χ2v) is 3.52. The first-order chi connectivity index (χ1) is 6.47. The molecule has 1 atom stereocenters. The van der Waals surface area contributed by atoms with Gasteiger partial charge in [0.15, 0.2) is 0 Å². The van der Waals surface area contributed by atoms with Crippen LogP contribution in [-0.4, -0.2) is 55.0 Å². The van der Waals surface area contributed by atoms with E-state index in [1.165, 1.54) is 0 Å². The summed E-state index contributed by atoms with van der Waals surface area (Å²) in [6.07, 6.45) is -5.48. The Balaban J connectivity index is 2.28. The number of hydrogen-bond acceptors (Lipinski definition) is 3. The maximum atomic E-state index is 11.9. The molecule has 0 saturated carbocycles. The molecule has 0 radical (unpaired) electrons. The minimum absolute atomic E-state index is 0.0256. The molecule has 1 saturated heterocycles. The Bertz CT molecular complexity index is 174. The summed E-state index contributed by atoms with van der Waals surface area (Å²) >= 11 is 0. The highest BCUT2D eigenvalue weighted by molar-refractivity contribution is 4.73. The largest absolute Gasteiger partial charge is 0.390 e. The Morgan fingerprint density at radius 1 is 1.43 bits per heavy atom. The zero-order chi connectivity index (χ0) is 10.6. The fraction of sp³-hybridized carbons (Fsp3) is 1.00. The lowest BCUT2D eigenvalue weighted by molar-refractivity contribution is -0.138. The predicted molar refractivity (Wildman–Crippen MR) is 46.0 cm³/mol. The summed E-state index contributed by atoms with van der Waals surface area (Å²) < 4.78 is 35.7. The van der Waals surface area contributed by atoms with Crippen molar-refractivity contribution >= 4 is 0 Å². The van der Waals surface area contributed by atoms with E-state index in [-0.39, 0.29) is 6.54 Å². The Morgan fingerprint density at radius 2 is 2.14 bits per heavy atom. The number of nitrogens with one attached hydrogen (secondary N) is 1. The Hall–Kier alpha value is -0.330. The number of aliphatic hydroxyl groups excluding tert-OH is 1. The summed E-state index contributed by atoms with van der Waals surface area (Å²) in [4.78, 5) is 1.64. The molecule has 0 aliphatic carbocycles. The standard InChI is InChI=1S/C8H15F3N2O/c9-8(10,11)1-3-13-4-2-12-5-7(14)6-13/h7,12,14H,1-6H2. The molecule has 1 heterocycles. The van der Waals surface area contributed by atoms with Crippen molar-refractivity contribution in [3.63, 3.8) is 0 Å². The average Bonchev–Trinajstić information content (AvgIpc) is 2.25. The highest BCUT2D eigenvalue weighted by Crippen LogP contribution is 2.19. The van der Waals surface area contributed by atoms with Crippen molar-refractivity contribution in [1.82, 2.24) is 10.2 Å². The van der Waals surface area contributed by atoms with Gasteiger partial charge in [-0.1, -0.05) is 0 Å². The molecule has 84 valence electrons. The van der Waals surface area contributed by atoms with Crippen LogP contribution in [0.5, 0.6) is 0 Å². The third kappa shape index (κ3) is 4.78. The SMILES string of the molecule is OC1CNCCN(CCC(F)(F)F)C1. The monoisotopic (exact) mass is 212 g/mol. The van der Waals surface area contributed by atoms with Crippen LogP contribution >= 0.6 is 0 Å². The molecule has 1 fully saturated rings. The molecule has 1 aliphatic rings. The van der Waals surface area contributed by atoms with Gasteiger partial charge in [-0.05, 0) is 0 Å². The summed E-state index contributed by atoms with van der Waals surface area (Å²) in [6.45, 7) is 1.95. The summed E-state index contributed by atoms with van der Waals surface area (Å²) in [5.74, 6) is 0. The van der Waals surface area contributed by atoms with Gasteiger partial charge in [-0.2, -0.15) is 13.2 Å². The molecule has 1 rings (SSSR count). The van der Waals surface area contributed by atoms with Crippen LogP contribution in [0, 0.1) is 0 Å². The van der Waals surface area contributed by atoms with Crippen LogP contribution < -0.4 is 5.32 Å². The zero-order valence-corrected chi connectivity index (χ0v) is 7.85. The summed E-state index contributed by atoms with van der Waals surface area (Å²) in [6, 6.07) is 0. The highest BCUT2D eigenvalue weighted by atomic mass is 19.4. The van der Waals surface area contributed by atoms with Gasteiger partial charge in [0.25, 0.3) is 0 Å². The minimum atomic E-state index is -4.11. The van der Waals surface area contributed by atoms with E-state index in [9.17, 15) is 18.3 Å². The number of alkyl halides is 3. The quantitative estimate of drug-likeness (QED) is 0.686. The van der Waals surface area contributed by atoms with Gasteiger partial charge in [0, 0.05) is 32.7 Å². The van der Waals surface area contributed by atoms with E-state index < -0.39 is 18.7 Å². The maximum Gasteiger partial charge on any atom is 0.390 e. The van der Waals surface area contributed by atoms with Crippen LogP contribution in [0.25, 0.3) is 0 Å².